The highest BCUT2D eigenvalue weighted by Gasteiger charge is 2.69. The SMILES string of the molecule is CC(C)n1nc(C#N)c2c1C(F)(F)C1CC21.CC(C)n1nc(C(F)(F)F)c2c1C(F)(F)C1CC21.CC(C)n1nc(C(F)(F)F)c2c1C1CC1CC2. The van der Waals surface area contributed by atoms with Gasteiger partial charge in [-0.25, -0.2) is 0 Å². The number of hydrogen-bond acceptors (Lipinski definition) is 4. The second-order valence-electron chi connectivity index (χ2n) is 15.4. The van der Waals surface area contributed by atoms with Gasteiger partial charge in [-0.3, -0.25) is 14.0 Å². The first-order valence-corrected chi connectivity index (χ1v) is 17.2. The van der Waals surface area contributed by atoms with Gasteiger partial charge in [0.25, 0.3) is 11.8 Å². The Bertz CT molecular complexity index is 1920. The maximum Gasteiger partial charge on any atom is 0.435 e. The van der Waals surface area contributed by atoms with E-state index in [4.69, 9.17) is 5.26 Å². The molecule has 0 aliphatic heterocycles. The maximum absolute atomic E-state index is 14.0. The predicted octanol–water partition coefficient (Wildman–Crippen LogP) is 9.77. The first kappa shape index (κ1) is 35.8. The molecule has 0 saturated heterocycles. The molecular formula is C34H37F10N7. The number of rotatable bonds is 3. The molecule has 6 aliphatic carbocycles. The molecule has 0 aromatic carbocycles. The fraction of sp³-hybridized carbons (Fsp3) is 0.706. The Labute approximate surface area is 287 Å². The highest BCUT2D eigenvalue weighted by atomic mass is 19.4. The molecule has 0 bridgehead atoms. The van der Waals surface area contributed by atoms with Crippen molar-refractivity contribution in [2.75, 3.05) is 0 Å². The number of nitriles is 1. The number of aromatic nitrogens is 6. The maximum atomic E-state index is 14.0. The van der Waals surface area contributed by atoms with E-state index in [0.29, 0.717) is 35.8 Å². The van der Waals surface area contributed by atoms with E-state index in [1.54, 1.807) is 32.4 Å². The van der Waals surface area contributed by atoms with Crippen LogP contribution in [0.3, 0.4) is 0 Å². The summed E-state index contributed by atoms with van der Waals surface area (Å²) >= 11 is 0. The van der Waals surface area contributed by atoms with Crippen molar-refractivity contribution in [1.29, 1.82) is 5.26 Å². The molecule has 0 radical (unpaired) electrons. The molecule has 6 atom stereocenters. The summed E-state index contributed by atoms with van der Waals surface area (Å²) in [5, 5.41) is 20.1. The van der Waals surface area contributed by atoms with Gasteiger partial charge in [-0.2, -0.15) is 64.5 Å². The minimum Gasteiger partial charge on any atom is -0.266 e. The molecule has 7 nitrogen and oxygen atoms in total. The van der Waals surface area contributed by atoms with Gasteiger partial charge in [-0.1, -0.05) is 0 Å². The van der Waals surface area contributed by atoms with Crippen molar-refractivity contribution in [2.45, 2.75) is 134 Å². The second-order valence-corrected chi connectivity index (χ2v) is 15.4. The van der Waals surface area contributed by atoms with Gasteiger partial charge in [0.2, 0.25) is 0 Å². The predicted molar refractivity (Wildman–Crippen MR) is 161 cm³/mol. The lowest BCUT2D eigenvalue weighted by Crippen LogP contribution is -2.21. The van der Waals surface area contributed by atoms with Crippen LogP contribution in [0.25, 0.3) is 0 Å². The van der Waals surface area contributed by atoms with Crippen LogP contribution in [0.15, 0.2) is 0 Å². The van der Waals surface area contributed by atoms with Gasteiger partial charge >= 0.3 is 12.4 Å². The zero-order valence-electron chi connectivity index (χ0n) is 28.6. The number of hydrogen-bond donors (Lipinski definition) is 0. The van der Waals surface area contributed by atoms with Crippen LogP contribution in [0.2, 0.25) is 0 Å². The summed E-state index contributed by atoms with van der Waals surface area (Å²) in [4.78, 5) is 0. The lowest BCUT2D eigenvalue weighted by atomic mass is 9.95. The molecule has 9 rings (SSSR count). The van der Waals surface area contributed by atoms with Gasteiger partial charge in [0.05, 0.1) is 0 Å². The van der Waals surface area contributed by atoms with E-state index >= 15 is 0 Å². The standard InChI is InChI=1S/C12H15F3N2.C11H11F5N2.C11H11F2N3/c1-6(2)17-10-8(4-3-7-5-9(7)10)11(16-17)12(13,14)15;1-4(2)18-9-7(8(17-18)11(14,15)16)5-3-6(5)10(9,12)13;1-5(2)16-10-9(8(4-14)15-16)6-3-7(6)11(10,12)13/h6-7,9H,3-5H2,1-2H3;4-6H,3H2,1-2H3;5-7H,3H2,1-2H3. The number of halogens is 10. The first-order valence-electron chi connectivity index (χ1n) is 17.2. The van der Waals surface area contributed by atoms with Crippen molar-refractivity contribution in [2.24, 2.45) is 17.8 Å². The molecule has 278 valence electrons. The molecule has 3 aromatic heterocycles. The highest BCUT2D eigenvalue weighted by molar-refractivity contribution is 5.50. The molecular weight excluding hydrogens is 696 g/mol. The minimum atomic E-state index is -4.67. The van der Waals surface area contributed by atoms with Crippen molar-refractivity contribution in [3.63, 3.8) is 0 Å². The van der Waals surface area contributed by atoms with Crippen LogP contribution in [0, 0.1) is 29.1 Å². The van der Waals surface area contributed by atoms with E-state index in [1.807, 2.05) is 19.9 Å². The van der Waals surface area contributed by atoms with E-state index in [9.17, 15) is 43.9 Å². The largest absolute Gasteiger partial charge is 0.435 e. The smallest absolute Gasteiger partial charge is 0.266 e. The van der Waals surface area contributed by atoms with Crippen LogP contribution < -0.4 is 0 Å². The van der Waals surface area contributed by atoms with Crippen molar-refractivity contribution < 1.29 is 43.9 Å². The second kappa shape index (κ2) is 11.2. The average molecular weight is 734 g/mol. The Morgan fingerprint density at radius 1 is 0.667 bits per heavy atom. The minimum absolute atomic E-state index is 0.000741. The fourth-order valence-electron chi connectivity index (χ4n) is 8.46. The van der Waals surface area contributed by atoms with E-state index in [1.165, 1.54) is 4.68 Å². The summed E-state index contributed by atoms with van der Waals surface area (Å²) < 4.78 is 137. The summed E-state index contributed by atoms with van der Waals surface area (Å²) in [5.74, 6) is -7.38. The molecule has 51 heavy (non-hydrogen) atoms. The van der Waals surface area contributed by atoms with Crippen LogP contribution in [0.1, 0.15) is 154 Å². The zero-order chi connectivity index (χ0) is 37.5. The summed E-state index contributed by atoms with van der Waals surface area (Å²) in [6.07, 6.45) is -5.87. The van der Waals surface area contributed by atoms with Crippen LogP contribution in [-0.4, -0.2) is 29.3 Å². The lowest BCUT2D eigenvalue weighted by Gasteiger charge is -2.17. The van der Waals surface area contributed by atoms with E-state index in [0.717, 1.165) is 23.2 Å². The van der Waals surface area contributed by atoms with Gasteiger partial charge in [0.15, 0.2) is 17.1 Å². The molecule has 3 aromatic rings. The Hall–Kier alpha value is -3.58. The average Bonchev–Trinajstić information content (AvgIpc) is 3.96. The van der Waals surface area contributed by atoms with Crippen LogP contribution in [-0.2, 0) is 30.6 Å². The Kier molecular flexibility index (Phi) is 7.87. The zero-order valence-corrected chi connectivity index (χ0v) is 28.6. The first-order chi connectivity index (χ1) is 23.5. The Morgan fingerprint density at radius 2 is 1.14 bits per heavy atom. The van der Waals surface area contributed by atoms with Crippen molar-refractivity contribution in [3.8, 4) is 6.07 Å². The molecule has 3 saturated carbocycles. The topological polar surface area (TPSA) is 77.2 Å². The highest BCUT2D eigenvalue weighted by Crippen LogP contribution is 2.69. The van der Waals surface area contributed by atoms with Crippen molar-refractivity contribution in [3.05, 3.63) is 50.9 Å². The number of fused-ring (bicyclic) bond motifs is 9. The summed E-state index contributed by atoms with van der Waals surface area (Å²) in [5.41, 5.74) is -0.562. The van der Waals surface area contributed by atoms with Gasteiger partial charge in [0.1, 0.15) is 17.5 Å². The quantitative estimate of drug-likeness (QED) is 0.251. The Morgan fingerprint density at radius 3 is 1.63 bits per heavy atom. The van der Waals surface area contributed by atoms with Gasteiger partial charge in [-0.05, 0) is 91.4 Å². The molecule has 0 amide bonds. The van der Waals surface area contributed by atoms with Crippen LogP contribution in [0.4, 0.5) is 43.9 Å². The van der Waals surface area contributed by atoms with Crippen LogP contribution in [0.5, 0.6) is 0 Å². The van der Waals surface area contributed by atoms with Gasteiger partial charge < -0.3 is 0 Å². The third kappa shape index (κ3) is 5.47. The van der Waals surface area contributed by atoms with Gasteiger partial charge in [-0.15, -0.1) is 0 Å². The Balaban J connectivity index is 0.000000120. The lowest BCUT2D eigenvalue weighted by molar-refractivity contribution is -0.143. The van der Waals surface area contributed by atoms with Gasteiger partial charge in [0, 0.05) is 58.3 Å². The molecule has 3 fully saturated rings. The fourth-order valence-corrected chi connectivity index (χ4v) is 8.46. The van der Waals surface area contributed by atoms with E-state index in [-0.39, 0.29) is 41.4 Å². The van der Waals surface area contributed by atoms with E-state index in [2.05, 4.69) is 15.3 Å². The van der Waals surface area contributed by atoms with E-state index < -0.39 is 65.1 Å². The molecule has 6 aliphatic rings. The third-order valence-electron chi connectivity index (χ3n) is 11.0. The number of nitrogens with zero attached hydrogens (tertiary/aromatic N) is 7. The molecule has 0 spiro atoms. The summed E-state index contributed by atoms with van der Waals surface area (Å²) in [6.45, 7) is 10.5. The third-order valence-corrected chi connectivity index (χ3v) is 11.0. The molecule has 0 N–H and O–H groups in total. The summed E-state index contributed by atoms with van der Waals surface area (Å²) in [7, 11) is 0. The monoisotopic (exact) mass is 733 g/mol. The molecule has 17 heteroatoms. The molecule has 3 heterocycles. The summed E-state index contributed by atoms with van der Waals surface area (Å²) in [6, 6.07) is 1.28. The molecule has 6 unspecified atom stereocenters. The van der Waals surface area contributed by atoms with Crippen molar-refractivity contribution >= 4 is 0 Å². The number of alkyl halides is 10. The van der Waals surface area contributed by atoms with Crippen molar-refractivity contribution in [1.82, 2.24) is 29.3 Å². The normalized spacial score (nSPS) is 28.0. The van der Waals surface area contributed by atoms with Crippen LogP contribution >= 0.6 is 0 Å².